The molecule has 1 saturated heterocycles. The number of nitrogens with zero attached hydrogens (tertiary/aromatic N) is 3. The summed E-state index contributed by atoms with van der Waals surface area (Å²) in [6.07, 6.45) is 8.46. The van der Waals surface area contributed by atoms with Gasteiger partial charge in [0.15, 0.2) is 9.84 Å². The Hall–Kier alpha value is -2.13. The van der Waals surface area contributed by atoms with Crippen LogP contribution in [0.25, 0.3) is 12.2 Å². The highest BCUT2D eigenvalue weighted by Crippen LogP contribution is 2.30. The van der Waals surface area contributed by atoms with Gasteiger partial charge in [0.25, 0.3) is 0 Å². The van der Waals surface area contributed by atoms with Crippen molar-refractivity contribution in [3.05, 3.63) is 41.7 Å². The fourth-order valence-corrected chi connectivity index (χ4v) is 6.61. The highest BCUT2D eigenvalue weighted by atomic mass is 32.2. The Labute approximate surface area is 181 Å². The summed E-state index contributed by atoms with van der Waals surface area (Å²) in [6, 6.07) is 9.88. The van der Waals surface area contributed by atoms with Crippen molar-refractivity contribution in [3.63, 3.8) is 0 Å². The van der Waals surface area contributed by atoms with Crippen molar-refractivity contribution < 1.29 is 13.2 Å². The van der Waals surface area contributed by atoms with Gasteiger partial charge in [-0.15, -0.1) is 5.10 Å². The minimum atomic E-state index is -3.03. The second kappa shape index (κ2) is 9.34. The number of rotatable bonds is 7. The van der Waals surface area contributed by atoms with Gasteiger partial charge in [-0.05, 0) is 30.9 Å². The molecule has 1 aliphatic carbocycles. The molecule has 2 aromatic rings. The SMILES string of the molecule is O=C(CSc1n[nH]c(/C=C/c2ccccc2)n1)N(C1CCCC1)C1CCS(=O)(=O)C1. The number of aromatic nitrogens is 3. The number of aromatic amines is 1. The Morgan fingerprint density at radius 2 is 1.90 bits per heavy atom. The second-order valence-corrected chi connectivity index (χ2v) is 11.0. The Morgan fingerprint density at radius 3 is 2.60 bits per heavy atom. The number of sulfone groups is 1. The maximum Gasteiger partial charge on any atom is 0.233 e. The third kappa shape index (κ3) is 5.31. The van der Waals surface area contributed by atoms with Gasteiger partial charge in [-0.1, -0.05) is 61.0 Å². The van der Waals surface area contributed by atoms with E-state index in [0.29, 0.717) is 17.4 Å². The van der Waals surface area contributed by atoms with Crippen LogP contribution in [0.2, 0.25) is 0 Å². The molecule has 4 rings (SSSR count). The van der Waals surface area contributed by atoms with Gasteiger partial charge in [-0.2, -0.15) is 0 Å². The lowest BCUT2D eigenvalue weighted by Gasteiger charge is -2.34. The zero-order valence-corrected chi connectivity index (χ0v) is 18.4. The van der Waals surface area contributed by atoms with Crippen molar-refractivity contribution in [1.82, 2.24) is 20.1 Å². The van der Waals surface area contributed by atoms with E-state index in [0.717, 1.165) is 31.2 Å². The second-order valence-electron chi connectivity index (χ2n) is 7.83. The van der Waals surface area contributed by atoms with Crippen LogP contribution in [0.4, 0.5) is 0 Å². The van der Waals surface area contributed by atoms with Gasteiger partial charge in [-0.3, -0.25) is 9.89 Å². The number of nitrogens with one attached hydrogen (secondary N) is 1. The molecule has 0 bridgehead atoms. The first-order valence-corrected chi connectivity index (χ1v) is 13.1. The fourth-order valence-electron chi connectivity index (χ4n) is 4.22. The number of H-pyrrole nitrogens is 1. The summed E-state index contributed by atoms with van der Waals surface area (Å²) in [7, 11) is -3.03. The molecule has 0 spiro atoms. The Kier molecular flexibility index (Phi) is 6.58. The first-order chi connectivity index (χ1) is 14.5. The molecular weight excluding hydrogens is 420 g/mol. The van der Waals surface area contributed by atoms with Crippen LogP contribution in [-0.4, -0.2) is 63.7 Å². The summed E-state index contributed by atoms with van der Waals surface area (Å²) >= 11 is 1.29. The van der Waals surface area contributed by atoms with Gasteiger partial charge < -0.3 is 4.90 Å². The van der Waals surface area contributed by atoms with E-state index in [4.69, 9.17) is 0 Å². The van der Waals surface area contributed by atoms with Crippen LogP contribution in [-0.2, 0) is 14.6 Å². The number of carbonyl (C=O) groups excluding carboxylic acids is 1. The van der Waals surface area contributed by atoms with Gasteiger partial charge >= 0.3 is 0 Å². The third-order valence-electron chi connectivity index (χ3n) is 5.65. The molecule has 1 aromatic heterocycles. The fraction of sp³-hybridized carbons (Fsp3) is 0.476. The van der Waals surface area contributed by atoms with Gasteiger partial charge in [0.1, 0.15) is 5.82 Å². The predicted octanol–water partition coefficient (Wildman–Crippen LogP) is 3.03. The predicted molar refractivity (Wildman–Crippen MR) is 119 cm³/mol. The Morgan fingerprint density at radius 1 is 1.13 bits per heavy atom. The van der Waals surface area contributed by atoms with Crippen LogP contribution >= 0.6 is 11.8 Å². The molecule has 2 fully saturated rings. The Bertz CT molecular complexity index is 998. The van der Waals surface area contributed by atoms with E-state index in [1.54, 1.807) is 0 Å². The van der Waals surface area contributed by atoms with Crippen molar-refractivity contribution in [3.8, 4) is 0 Å². The van der Waals surface area contributed by atoms with Crippen molar-refractivity contribution in [2.24, 2.45) is 0 Å². The minimum Gasteiger partial charge on any atom is -0.335 e. The average Bonchev–Trinajstić information content (AvgIpc) is 3.48. The first kappa shape index (κ1) is 21.1. The zero-order valence-electron chi connectivity index (χ0n) is 16.7. The van der Waals surface area contributed by atoms with E-state index in [1.165, 1.54) is 11.8 Å². The molecule has 0 radical (unpaired) electrons. The number of benzene rings is 1. The minimum absolute atomic E-state index is 0.0137. The van der Waals surface area contributed by atoms with Crippen molar-refractivity contribution in [2.75, 3.05) is 17.3 Å². The summed E-state index contributed by atoms with van der Waals surface area (Å²) in [4.78, 5) is 19.3. The van der Waals surface area contributed by atoms with Crippen LogP contribution in [0.1, 0.15) is 43.5 Å². The Balaban J connectivity index is 1.37. The van der Waals surface area contributed by atoms with E-state index in [-0.39, 0.29) is 35.2 Å². The smallest absolute Gasteiger partial charge is 0.233 e. The van der Waals surface area contributed by atoms with Gasteiger partial charge in [0, 0.05) is 12.1 Å². The molecule has 7 nitrogen and oxygen atoms in total. The summed E-state index contributed by atoms with van der Waals surface area (Å²) in [5.74, 6) is 1.10. The summed E-state index contributed by atoms with van der Waals surface area (Å²) in [5, 5.41) is 7.58. The van der Waals surface area contributed by atoms with E-state index in [9.17, 15) is 13.2 Å². The van der Waals surface area contributed by atoms with Crippen LogP contribution in [0.5, 0.6) is 0 Å². The summed E-state index contributed by atoms with van der Waals surface area (Å²) in [6.45, 7) is 0. The molecule has 1 amide bonds. The van der Waals surface area contributed by atoms with E-state index < -0.39 is 9.84 Å². The average molecular weight is 447 g/mol. The molecule has 30 heavy (non-hydrogen) atoms. The molecule has 9 heteroatoms. The topological polar surface area (TPSA) is 96.0 Å². The quantitative estimate of drug-likeness (QED) is 0.657. The van der Waals surface area contributed by atoms with Crippen LogP contribution in [0.3, 0.4) is 0 Å². The number of amides is 1. The highest BCUT2D eigenvalue weighted by molar-refractivity contribution is 7.99. The summed E-state index contributed by atoms with van der Waals surface area (Å²) in [5.41, 5.74) is 1.07. The third-order valence-corrected chi connectivity index (χ3v) is 8.23. The van der Waals surface area contributed by atoms with Crippen LogP contribution in [0.15, 0.2) is 35.5 Å². The lowest BCUT2D eigenvalue weighted by atomic mass is 10.1. The first-order valence-electron chi connectivity index (χ1n) is 10.3. The molecule has 160 valence electrons. The molecule has 1 saturated carbocycles. The van der Waals surface area contributed by atoms with Gasteiger partial charge in [0.05, 0.1) is 17.3 Å². The maximum atomic E-state index is 13.0. The summed E-state index contributed by atoms with van der Waals surface area (Å²) < 4.78 is 23.9. The maximum absolute atomic E-state index is 13.0. The monoisotopic (exact) mass is 446 g/mol. The van der Waals surface area contributed by atoms with Gasteiger partial charge in [-0.25, -0.2) is 13.4 Å². The van der Waals surface area contributed by atoms with Crippen LogP contribution in [0, 0.1) is 0 Å². The number of hydrogen-bond donors (Lipinski definition) is 1. The van der Waals surface area contributed by atoms with E-state index in [1.807, 2.05) is 47.4 Å². The van der Waals surface area contributed by atoms with Crippen molar-refractivity contribution in [2.45, 2.75) is 49.3 Å². The van der Waals surface area contributed by atoms with E-state index >= 15 is 0 Å². The largest absolute Gasteiger partial charge is 0.335 e. The number of hydrogen-bond acceptors (Lipinski definition) is 6. The molecule has 1 atom stereocenters. The van der Waals surface area contributed by atoms with Crippen molar-refractivity contribution >= 4 is 39.7 Å². The molecule has 1 N–H and O–H groups in total. The molecule has 1 unspecified atom stereocenters. The zero-order chi connectivity index (χ0) is 21.0. The normalized spacial score (nSPS) is 21.4. The van der Waals surface area contributed by atoms with Gasteiger partial charge in [0.2, 0.25) is 11.1 Å². The molecular formula is C21H26N4O3S2. The highest BCUT2D eigenvalue weighted by Gasteiger charge is 2.38. The number of thioether (sulfide) groups is 1. The number of carbonyl (C=O) groups is 1. The van der Waals surface area contributed by atoms with E-state index in [2.05, 4.69) is 15.2 Å². The lowest BCUT2D eigenvalue weighted by molar-refractivity contribution is -0.132. The van der Waals surface area contributed by atoms with Crippen molar-refractivity contribution in [1.29, 1.82) is 0 Å². The molecule has 1 aliphatic heterocycles. The molecule has 2 heterocycles. The molecule has 2 aliphatic rings. The standard InChI is InChI=1S/C21H26N4O3S2/c26-20(25(17-8-4-5-9-17)18-12-13-30(27,28)15-18)14-29-21-22-19(23-24-21)11-10-16-6-2-1-3-7-16/h1-3,6-7,10-11,17-18H,4-5,8-9,12-15H2,(H,22,23,24)/b11-10+. The lowest BCUT2D eigenvalue weighted by Crippen LogP contribution is -2.47. The molecule has 1 aromatic carbocycles. The van der Waals surface area contributed by atoms with Crippen LogP contribution < -0.4 is 0 Å².